The van der Waals surface area contributed by atoms with E-state index in [9.17, 15) is 16.8 Å². The molecule has 1 fully saturated rings. The maximum absolute atomic E-state index is 12.9. The fraction of sp³-hybridized carbons (Fsp3) is 0.647. The molecule has 2 rings (SSSR count). The summed E-state index contributed by atoms with van der Waals surface area (Å²) in [5.74, 6) is 0.640. The van der Waals surface area contributed by atoms with Crippen LogP contribution in [0.1, 0.15) is 34.1 Å². The molecule has 142 valence electrons. The molecular weight excluding hydrogens is 360 g/mol. The third-order valence-electron chi connectivity index (χ3n) is 4.64. The van der Waals surface area contributed by atoms with Gasteiger partial charge in [-0.3, -0.25) is 0 Å². The summed E-state index contributed by atoms with van der Waals surface area (Å²) in [6, 6.07) is 5.57. The fourth-order valence-corrected chi connectivity index (χ4v) is 6.58. The lowest BCUT2D eigenvalue weighted by Gasteiger charge is -2.34. The van der Waals surface area contributed by atoms with Crippen molar-refractivity contribution in [1.82, 2.24) is 8.61 Å². The number of piperidine rings is 1. The van der Waals surface area contributed by atoms with Crippen LogP contribution in [0.2, 0.25) is 0 Å². The van der Waals surface area contributed by atoms with E-state index in [4.69, 9.17) is 0 Å². The number of nitrogens with zero attached hydrogens (tertiary/aromatic N) is 2. The number of hydrogen-bond acceptors (Lipinski definition) is 4. The van der Waals surface area contributed by atoms with Crippen LogP contribution in [0, 0.1) is 11.8 Å². The van der Waals surface area contributed by atoms with Gasteiger partial charge < -0.3 is 0 Å². The average molecular weight is 389 g/mol. The molecule has 1 aliphatic heterocycles. The lowest BCUT2D eigenvalue weighted by molar-refractivity contribution is 0.222. The van der Waals surface area contributed by atoms with Crippen LogP contribution in [0.5, 0.6) is 0 Å². The second-order valence-electron chi connectivity index (χ2n) is 6.83. The molecule has 0 aliphatic carbocycles. The molecule has 0 radical (unpaired) electrons. The zero-order valence-corrected chi connectivity index (χ0v) is 17.0. The summed E-state index contributed by atoms with van der Waals surface area (Å²) in [7, 11) is -7.18. The average Bonchev–Trinajstić information content (AvgIpc) is 2.55. The minimum absolute atomic E-state index is 0.121. The summed E-state index contributed by atoms with van der Waals surface area (Å²) in [6.45, 7) is 9.43. The lowest BCUT2D eigenvalue weighted by Crippen LogP contribution is -2.42. The van der Waals surface area contributed by atoms with E-state index < -0.39 is 20.0 Å². The van der Waals surface area contributed by atoms with Crippen molar-refractivity contribution in [2.24, 2.45) is 11.8 Å². The van der Waals surface area contributed by atoms with E-state index in [-0.39, 0.29) is 9.79 Å². The van der Waals surface area contributed by atoms with Gasteiger partial charge in [-0.15, -0.1) is 0 Å². The van der Waals surface area contributed by atoms with Gasteiger partial charge in [-0.1, -0.05) is 27.7 Å². The molecule has 1 aromatic rings. The van der Waals surface area contributed by atoms with E-state index in [1.54, 1.807) is 13.8 Å². The maximum Gasteiger partial charge on any atom is 0.243 e. The summed E-state index contributed by atoms with van der Waals surface area (Å²) in [5.41, 5.74) is 0. The zero-order chi connectivity index (χ0) is 18.8. The van der Waals surface area contributed by atoms with Crippen LogP contribution in [0.3, 0.4) is 0 Å². The number of rotatable bonds is 6. The minimum Gasteiger partial charge on any atom is -0.207 e. The molecule has 8 heteroatoms. The molecule has 0 spiro atoms. The van der Waals surface area contributed by atoms with Gasteiger partial charge in [-0.2, -0.15) is 8.61 Å². The van der Waals surface area contributed by atoms with Gasteiger partial charge >= 0.3 is 0 Å². The van der Waals surface area contributed by atoms with E-state index in [0.29, 0.717) is 38.0 Å². The van der Waals surface area contributed by atoms with Crippen LogP contribution >= 0.6 is 0 Å². The van der Waals surface area contributed by atoms with Gasteiger partial charge in [0.2, 0.25) is 20.0 Å². The van der Waals surface area contributed by atoms with Crippen molar-refractivity contribution in [2.75, 3.05) is 26.2 Å². The van der Waals surface area contributed by atoms with Crippen molar-refractivity contribution in [3.05, 3.63) is 24.3 Å². The molecule has 6 nitrogen and oxygen atoms in total. The van der Waals surface area contributed by atoms with Crippen molar-refractivity contribution >= 4 is 20.0 Å². The summed E-state index contributed by atoms with van der Waals surface area (Å²) < 4.78 is 53.6. The van der Waals surface area contributed by atoms with Crippen molar-refractivity contribution < 1.29 is 16.8 Å². The summed E-state index contributed by atoms with van der Waals surface area (Å²) in [4.78, 5) is 0.267. The highest BCUT2D eigenvalue weighted by Crippen LogP contribution is 2.27. The molecule has 1 aromatic carbocycles. The zero-order valence-electron chi connectivity index (χ0n) is 15.3. The van der Waals surface area contributed by atoms with Gasteiger partial charge in [0, 0.05) is 26.2 Å². The van der Waals surface area contributed by atoms with Crippen molar-refractivity contribution in [1.29, 1.82) is 0 Å². The van der Waals surface area contributed by atoms with Gasteiger partial charge in [0.05, 0.1) is 9.79 Å². The largest absolute Gasteiger partial charge is 0.243 e. The second kappa shape index (κ2) is 7.73. The van der Waals surface area contributed by atoms with Gasteiger partial charge in [-0.25, -0.2) is 16.8 Å². The topological polar surface area (TPSA) is 74.8 Å². The molecule has 25 heavy (non-hydrogen) atoms. The molecule has 1 saturated heterocycles. The van der Waals surface area contributed by atoms with Gasteiger partial charge in [0.15, 0.2) is 0 Å². The molecule has 1 aliphatic rings. The van der Waals surface area contributed by atoms with Crippen LogP contribution in [-0.2, 0) is 20.0 Å². The first-order valence-corrected chi connectivity index (χ1v) is 11.6. The number of benzene rings is 1. The van der Waals surface area contributed by atoms with Crippen molar-refractivity contribution in [2.45, 2.75) is 43.9 Å². The Morgan fingerprint density at radius 3 is 1.80 bits per heavy atom. The Hall–Kier alpha value is -0.960. The molecule has 0 amide bonds. The SMILES string of the molecule is CCN(CC)S(=O)(=O)c1ccc(S(=O)(=O)N2C[C@H](C)C[C@H](C)C2)cc1. The second-order valence-corrected chi connectivity index (χ2v) is 10.7. The highest BCUT2D eigenvalue weighted by Gasteiger charge is 2.32. The van der Waals surface area contributed by atoms with Crippen LogP contribution in [0.25, 0.3) is 0 Å². The first kappa shape index (κ1) is 20.4. The Morgan fingerprint density at radius 2 is 1.36 bits per heavy atom. The first-order valence-electron chi connectivity index (χ1n) is 8.73. The van der Waals surface area contributed by atoms with Gasteiger partial charge in [0.25, 0.3) is 0 Å². The fourth-order valence-electron chi connectivity index (χ4n) is 3.45. The summed E-state index contributed by atoms with van der Waals surface area (Å²) >= 11 is 0. The van der Waals surface area contributed by atoms with Gasteiger partial charge in [-0.05, 0) is 42.5 Å². The third-order valence-corrected chi connectivity index (χ3v) is 8.55. The van der Waals surface area contributed by atoms with Crippen LogP contribution in [-0.4, -0.2) is 51.6 Å². The van der Waals surface area contributed by atoms with Crippen LogP contribution in [0.15, 0.2) is 34.1 Å². The molecule has 0 aromatic heterocycles. The predicted molar refractivity (Wildman–Crippen MR) is 98.3 cm³/mol. The summed E-state index contributed by atoms with van der Waals surface area (Å²) in [5, 5.41) is 0. The minimum atomic E-state index is -3.60. The Balaban J connectivity index is 2.30. The molecule has 0 saturated carbocycles. The quantitative estimate of drug-likeness (QED) is 0.750. The Bertz CT molecular complexity index is 774. The van der Waals surface area contributed by atoms with E-state index in [1.165, 1.54) is 32.9 Å². The Morgan fingerprint density at radius 1 is 0.920 bits per heavy atom. The molecular formula is C17H28N2O4S2. The van der Waals surface area contributed by atoms with E-state index in [0.717, 1.165) is 6.42 Å². The molecule has 0 bridgehead atoms. The smallest absolute Gasteiger partial charge is 0.207 e. The monoisotopic (exact) mass is 388 g/mol. The standard InChI is InChI=1S/C17H28N2O4S2/c1-5-18(6-2)24(20,21)16-7-9-17(10-8-16)25(22,23)19-12-14(3)11-15(4)13-19/h7-10,14-15H,5-6,11-13H2,1-4H3/t14-,15+. The normalized spacial score (nSPS) is 23.1. The molecule has 0 N–H and O–H groups in total. The number of hydrogen-bond donors (Lipinski definition) is 0. The molecule has 0 unspecified atom stereocenters. The third kappa shape index (κ3) is 4.24. The molecule has 2 atom stereocenters. The lowest BCUT2D eigenvalue weighted by atomic mass is 9.94. The van der Waals surface area contributed by atoms with Gasteiger partial charge in [0.1, 0.15) is 0 Å². The predicted octanol–water partition coefficient (Wildman–Crippen LogP) is 2.38. The molecule has 1 heterocycles. The summed E-state index contributed by atoms with van der Waals surface area (Å²) in [6.07, 6.45) is 1.02. The van der Waals surface area contributed by atoms with E-state index >= 15 is 0 Å². The van der Waals surface area contributed by atoms with Crippen LogP contribution < -0.4 is 0 Å². The Kier molecular flexibility index (Phi) is 6.30. The highest BCUT2D eigenvalue weighted by atomic mass is 32.2. The van der Waals surface area contributed by atoms with Crippen molar-refractivity contribution in [3.8, 4) is 0 Å². The van der Waals surface area contributed by atoms with E-state index in [2.05, 4.69) is 13.8 Å². The van der Waals surface area contributed by atoms with Crippen molar-refractivity contribution in [3.63, 3.8) is 0 Å². The number of sulfonamides is 2. The first-order chi connectivity index (χ1) is 11.6. The Labute approximate surface area is 151 Å². The maximum atomic E-state index is 12.9. The van der Waals surface area contributed by atoms with Crippen LogP contribution in [0.4, 0.5) is 0 Å². The highest BCUT2D eigenvalue weighted by molar-refractivity contribution is 7.89. The van der Waals surface area contributed by atoms with E-state index in [1.807, 2.05) is 0 Å².